The number of rotatable bonds is 1. The van der Waals surface area contributed by atoms with E-state index in [1.54, 1.807) is 0 Å². The van der Waals surface area contributed by atoms with Crippen molar-refractivity contribution in [3.63, 3.8) is 0 Å². The number of aromatic nitrogens is 2. The Labute approximate surface area is 167 Å². The largest absolute Gasteiger partial charge is 0.485 e. The Morgan fingerprint density at radius 2 is 1.68 bits per heavy atom. The van der Waals surface area contributed by atoms with Crippen LogP contribution in [0.15, 0.2) is 42.7 Å². The van der Waals surface area contributed by atoms with E-state index >= 15 is 0 Å². The van der Waals surface area contributed by atoms with Crippen molar-refractivity contribution >= 4 is 17.3 Å². The average Bonchev–Trinajstić information content (AvgIpc) is 2.78. The lowest BCUT2D eigenvalue weighted by atomic mass is 9.84. The van der Waals surface area contributed by atoms with Gasteiger partial charge in [-0.25, -0.2) is 9.97 Å². The van der Waals surface area contributed by atoms with Gasteiger partial charge in [0.15, 0.2) is 11.6 Å². The molecule has 0 saturated carbocycles. The molecule has 3 aromatic rings. The molecular weight excluding hydrogens is 346 g/mol. The monoisotopic (exact) mass is 373 g/mol. The maximum atomic E-state index is 6.12. The second-order valence-electron chi connectivity index (χ2n) is 8.65. The van der Waals surface area contributed by atoms with Gasteiger partial charge in [-0.3, -0.25) is 4.90 Å². The fourth-order valence-corrected chi connectivity index (χ4v) is 3.76. The second-order valence-corrected chi connectivity index (χ2v) is 8.65. The number of pyridine rings is 2. The number of aryl methyl sites for hydroxylation is 3. The molecule has 0 saturated heterocycles. The molecule has 0 amide bonds. The summed E-state index contributed by atoms with van der Waals surface area (Å²) in [5.74, 6) is 2.46. The number of hydrogen-bond donors (Lipinski definition) is 0. The van der Waals surface area contributed by atoms with Gasteiger partial charge in [-0.05, 0) is 60.6 Å². The molecule has 2 aromatic heterocycles. The molecule has 0 atom stereocenters. The lowest BCUT2D eigenvalue weighted by Gasteiger charge is -2.29. The molecule has 1 aromatic carbocycles. The smallest absolute Gasteiger partial charge is 0.181 e. The van der Waals surface area contributed by atoms with E-state index in [9.17, 15) is 0 Å². The van der Waals surface area contributed by atoms with Crippen LogP contribution in [0, 0.1) is 20.8 Å². The summed E-state index contributed by atoms with van der Waals surface area (Å²) in [6.45, 7) is 13.6. The van der Waals surface area contributed by atoms with Crippen molar-refractivity contribution in [1.29, 1.82) is 0 Å². The van der Waals surface area contributed by atoms with Crippen molar-refractivity contribution < 1.29 is 4.74 Å². The predicted octanol–water partition coefficient (Wildman–Crippen LogP) is 6.06. The Morgan fingerprint density at radius 3 is 2.36 bits per heavy atom. The van der Waals surface area contributed by atoms with Crippen molar-refractivity contribution in [2.45, 2.75) is 53.6 Å². The molecule has 1 aliphatic heterocycles. The molecule has 0 bridgehead atoms. The van der Waals surface area contributed by atoms with Gasteiger partial charge in [0.05, 0.1) is 5.69 Å². The summed E-state index contributed by atoms with van der Waals surface area (Å²) in [6.07, 6.45) is 3.72. The molecule has 0 N–H and O–H groups in total. The third kappa shape index (κ3) is 3.13. The molecule has 4 nitrogen and oxygen atoms in total. The van der Waals surface area contributed by atoms with E-state index in [0.717, 1.165) is 34.2 Å². The van der Waals surface area contributed by atoms with Gasteiger partial charge in [0, 0.05) is 18.0 Å². The zero-order chi connectivity index (χ0) is 20.1. The summed E-state index contributed by atoms with van der Waals surface area (Å²) in [6, 6.07) is 10.6. The molecule has 1 aliphatic rings. The average molecular weight is 374 g/mol. The topological polar surface area (TPSA) is 38.3 Å². The van der Waals surface area contributed by atoms with E-state index in [1.165, 1.54) is 16.7 Å². The van der Waals surface area contributed by atoms with E-state index in [4.69, 9.17) is 14.7 Å². The van der Waals surface area contributed by atoms with Crippen molar-refractivity contribution in [2.24, 2.45) is 0 Å². The highest BCUT2D eigenvalue weighted by molar-refractivity contribution is 5.82. The molecule has 0 unspecified atom stereocenters. The highest BCUT2D eigenvalue weighted by Gasteiger charge is 2.28. The first-order valence-electron chi connectivity index (χ1n) is 9.71. The van der Waals surface area contributed by atoms with Crippen LogP contribution in [-0.2, 0) is 12.0 Å². The first-order chi connectivity index (χ1) is 13.3. The Morgan fingerprint density at radius 1 is 0.964 bits per heavy atom. The van der Waals surface area contributed by atoms with E-state index in [2.05, 4.69) is 63.8 Å². The number of benzene rings is 1. The van der Waals surface area contributed by atoms with Crippen molar-refractivity contribution in [2.75, 3.05) is 4.90 Å². The molecule has 3 heterocycles. The molecule has 4 rings (SSSR count). The van der Waals surface area contributed by atoms with Crippen LogP contribution in [-0.4, -0.2) is 9.97 Å². The van der Waals surface area contributed by atoms with Crippen LogP contribution in [0.4, 0.5) is 17.3 Å². The maximum Gasteiger partial charge on any atom is 0.181 e. The lowest BCUT2D eigenvalue weighted by molar-refractivity contribution is 0.309. The number of nitrogens with zero attached hydrogens (tertiary/aromatic N) is 3. The summed E-state index contributed by atoms with van der Waals surface area (Å²) in [5.41, 5.74) is 7.09. The number of ether oxygens (including phenoxy) is 1. The zero-order valence-electron chi connectivity index (χ0n) is 17.5. The molecule has 28 heavy (non-hydrogen) atoms. The fourth-order valence-electron chi connectivity index (χ4n) is 3.76. The van der Waals surface area contributed by atoms with Gasteiger partial charge in [0.25, 0.3) is 0 Å². The molecule has 4 heteroatoms. The SMILES string of the molecule is Cc1cnc2c(c1)OCc1cccnc1N2c1c(C)cc(C(C)(C)C)cc1C. The quantitative estimate of drug-likeness (QED) is 0.519. The van der Waals surface area contributed by atoms with E-state index in [0.29, 0.717) is 6.61 Å². The lowest BCUT2D eigenvalue weighted by Crippen LogP contribution is -2.18. The minimum absolute atomic E-state index is 0.0966. The third-order valence-corrected chi connectivity index (χ3v) is 5.22. The standard InChI is InChI=1S/C24H27N3O/c1-15-10-20-23(26-13-15)27(22-18(14-28-20)8-7-9-25-22)21-16(2)11-19(12-17(21)3)24(4,5)6/h7-13H,14H2,1-6H3. The van der Waals surface area contributed by atoms with Crippen LogP contribution in [0.5, 0.6) is 5.75 Å². The third-order valence-electron chi connectivity index (χ3n) is 5.22. The summed E-state index contributed by atoms with van der Waals surface area (Å²) in [4.78, 5) is 11.6. The summed E-state index contributed by atoms with van der Waals surface area (Å²) >= 11 is 0. The van der Waals surface area contributed by atoms with E-state index < -0.39 is 0 Å². The van der Waals surface area contributed by atoms with Crippen LogP contribution in [0.1, 0.15) is 48.6 Å². The van der Waals surface area contributed by atoms with E-state index in [-0.39, 0.29) is 5.41 Å². The Balaban J connectivity index is 2.00. The van der Waals surface area contributed by atoms with Gasteiger partial charge in [0.1, 0.15) is 12.4 Å². The first kappa shape index (κ1) is 18.5. The highest BCUT2D eigenvalue weighted by atomic mass is 16.5. The number of hydrogen-bond acceptors (Lipinski definition) is 4. The number of anilines is 3. The molecule has 0 aliphatic carbocycles. The summed E-state index contributed by atoms with van der Waals surface area (Å²) < 4.78 is 6.12. The van der Waals surface area contributed by atoms with Gasteiger partial charge in [-0.2, -0.15) is 0 Å². The van der Waals surface area contributed by atoms with Crippen LogP contribution >= 0.6 is 0 Å². The van der Waals surface area contributed by atoms with Gasteiger partial charge in [-0.15, -0.1) is 0 Å². The van der Waals surface area contributed by atoms with E-state index in [1.807, 2.05) is 25.4 Å². The van der Waals surface area contributed by atoms with Gasteiger partial charge in [-0.1, -0.05) is 39.0 Å². The minimum atomic E-state index is 0.0966. The summed E-state index contributed by atoms with van der Waals surface area (Å²) in [7, 11) is 0. The Kier molecular flexibility index (Phi) is 4.37. The predicted molar refractivity (Wildman–Crippen MR) is 114 cm³/mol. The maximum absolute atomic E-state index is 6.12. The van der Waals surface area contributed by atoms with Crippen LogP contribution in [0.25, 0.3) is 0 Å². The number of fused-ring (bicyclic) bond motifs is 2. The molecule has 0 radical (unpaired) electrons. The Hall–Kier alpha value is -2.88. The van der Waals surface area contributed by atoms with Gasteiger partial charge < -0.3 is 4.74 Å². The van der Waals surface area contributed by atoms with Crippen molar-refractivity contribution in [3.05, 3.63) is 70.5 Å². The molecule has 0 fully saturated rings. The van der Waals surface area contributed by atoms with Crippen molar-refractivity contribution in [1.82, 2.24) is 9.97 Å². The van der Waals surface area contributed by atoms with Crippen LogP contribution < -0.4 is 9.64 Å². The molecule has 0 spiro atoms. The Bertz CT molecular complexity index is 1030. The second kappa shape index (κ2) is 6.62. The van der Waals surface area contributed by atoms with Crippen LogP contribution in [0.2, 0.25) is 0 Å². The summed E-state index contributed by atoms with van der Waals surface area (Å²) in [5, 5.41) is 0. The highest BCUT2D eigenvalue weighted by Crippen LogP contribution is 2.45. The zero-order valence-corrected chi connectivity index (χ0v) is 17.5. The fraction of sp³-hybridized carbons (Fsp3) is 0.333. The van der Waals surface area contributed by atoms with Gasteiger partial charge >= 0.3 is 0 Å². The molecular formula is C24H27N3O. The minimum Gasteiger partial charge on any atom is -0.485 e. The van der Waals surface area contributed by atoms with Crippen LogP contribution in [0.3, 0.4) is 0 Å². The van der Waals surface area contributed by atoms with Crippen molar-refractivity contribution in [3.8, 4) is 5.75 Å². The van der Waals surface area contributed by atoms with Gasteiger partial charge in [0.2, 0.25) is 0 Å². The normalized spacial score (nSPS) is 13.4. The molecule has 144 valence electrons. The first-order valence-corrected chi connectivity index (χ1v) is 9.71.